The molecule has 5 heteroatoms. The second-order valence-corrected chi connectivity index (χ2v) is 5.08. The highest BCUT2D eigenvalue weighted by atomic mass is 35.5. The fraction of sp³-hybridized carbons (Fsp3) is 0.0625. The van der Waals surface area contributed by atoms with E-state index in [1.54, 1.807) is 18.2 Å². The van der Waals surface area contributed by atoms with Gasteiger partial charge in [-0.3, -0.25) is 0 Å². The van der Waals surface area contributed by atoms with Crippen molar-refractivity contribution in [3.05, 3.63) is 69.7 Å². The van der Waals surface area contributed by atoms with Crippen molar-refractivity contribution in [1.82, 2.24) is 0 Å². The minimum Gasteiger partial charge on any atom is -0.487 e. The van der Waals surface area contributed by atoms with Gasteiger partial charge in [-0.05, 0) is 35.4 Å². The Morgan fingerprint density at radius 2 is 1.95 bits per heavy atom. The van der Waals surface area contributed by atoms with Gasteiger partial charge in [-0.15, -0.1) is 0 Å². The molecule has 0 saturated heterocycles. The quantitative estimate of drug-likeness (QED) is 0.813. The molecular weight excluding hydrogens is 311 g/mol. The SMILES string of the molecule is O=C(O)C=Cc1ccccc1COc1ccc(Cl)cc1Cl. The molecule has 108 valence electrons. The number of carboxylic acid groups (broad SMARTS) is 1. The first kappa shape index (κ1) is 15.4. The fourth-order valence-electron chi connectivity index (χ4n) is 1.74. The standard InChI is InChI=1S/C16H12Cl2O3/c17-13-6-7-15(14(18)9-13)21-10-12-4-2-1-3-11(12)5-8-16(19)20/h1-9H,10H2,(H,19,20). The Balaban J connectivity index is 2.14. The van der Waals surface area contributed by atoms with E-state index in [2.05, 4.69) is 0 Å². The van der Waals surface area contributed by atoms with Gasteiger partial charge in [-0.1, -0.05) is 47.5 Å². The summed E-state index contributed by atoms with van der Waals surface area (Å²) in [4.78, 5) is 10.6. The highest BCUT2D eigenvalue weighted by molar-refractivity contribution is 6.35. The molecule has 0 heterocycles. The van der Waals surface area contributed by atoms with E-state index in [1.807, 2.05) is 24.3 Å². The molecule has 0 amide bonds. The van der Waals surface area contributed by atoms with Crippen LogP contribution in [-0.4, -0.2) is 11.1 Å². The molecule has 0 bridgehead atoms. The lowest BCUT2D eigenvalue weighted by molar-refractivity contribution is -0.131. The van der Waals surface area contributed by atoms with E-state index in [9.17, 15) is 4.79 Å². The van der Waals surface area contributed by atoms with E-state index in [4.69, 9.17) is 33.0 Å². The first-order valence-electron chi connectivity index (χ1n) is 6.13. The fourth-order valence-corrected chi connectivity index (χ4v) is 2.20. The Morgan fingerprint density at radius 3 is 2.67 bits per heavy atom. The van der Waals surface area contributed by atoms with Crippen molar-refractivity contribution in [2.24, 2.45) is 0 Å². The first-order chi connectivity index (χ1) is 10.1. The number of carbonyl (C=O) groups is 1. The van der Waals surface area contributed by atoms with Crippen LogP contribution in [0.5, 0.6) is 5.75 Å². The summed E-state index contributed by atoms with van der Waals surface area (Å²) < 4.78 is 5.65. The van der Waals surface area contributed by atoms with Crippen molar-refractivity contribution in [1.29, 1.82) is 0 Å². The number of hydrogen-bond acceptors (Lipinski definition) is 2. The third-order valence-electron chi connectivity index (χ3n) is 2.74. The molecule has 0 aromatic heterocycles. The van der Waals surface area contributed by atoms with Gasteiger partial charge in [0.25, 0.3) is 0 Å². The molecule has 0 aliphatic heterocycles. The van der Waals surface area contributed by atoms with Crippen molar-refractivity contribution < 1.29 is 14.6 Å². The van der Waals surface area contributed by atoms with E-state index in [0.29, 0.717) is 15.8 Å². The maximum absolute atomic E-state index is 10.6. The number of rotatable bonds is 5. The summed E-state index contributed by atoms with van der Waals surface area (Å²) in [6.45, 7) is 0.279. The van der Waals surface area contributed by atoms with Crippen LogP contribution >= 0.6 is 23.2 Å². The van der Waals surface area contributed by atoms with Gasteiger partial charge in [0.2, 0.25) is 0 Å². The molecule has 1 N–H and O–H groups in total. The summed E-state index contributed by atoms with van der Waals surface area (Å²) in [5.41, 5.74) is 1.64. The molecule has 0 spiro atoms. The highest BCUT2D eigenvalue weighted by Gasteiger charge is 2.05. The molecule has 0 atom stereocenters. The topological polar surface area (TPSA) is 46.5 Å². The molecule has 0 unspecified atom stereocenters. The number of carboxylic acids is 1. The normalized spacial score (nSPS) is 10.8. The second kappa shape index (κ2) is 7.16. The van der Waals surface area contributed by atoms with Gasteiger partial charge < -0.3 is 9.84 Å². The summed E-state index contributed by atoms with van der Waals surface area (Å²) in [7, 11) is 0. The molecule has 2 aromatic rings. The van der Waals surface area contributed by atoms with Crippen LogP contribution in [0.25, 0.3) is 6.08 Å². The van der Waals surface area contributed by atoms with Crippen LogP contribution in [0.15, 0.2) is 48.5 Å². The number of aliphatic carboxylic acids is 1. The van der Waals surface area contributed by atoms with Gasteiger partial charge >= 0.3 is 5.97 Å². The van der Waals surface area contributed by atoms with Gasteiger partial charge in [0, 0.05) is 11.1 Å². The van der Waals surface area contributed by atoms with Crippen molar-refractivity contribution in [2.45, 2.75) is 6.61 Å². The van der Waals surface area contributed by atoms with Gasteiger partial charge in [0.15, 0.2) is 0 Å². The van der Waals surface area contributed by atoms with Crippen molar-refractivity contribution in [3.8, 4) is 5.75 Å². The Hall–Kier alpha value is -1.97. The summed E-state index contributed by atoms with van der Waals surface area (Å²) in [5, 5.41) is 9.66. The van der Waals surface area contributed by atoms with E-state index >= 15 is 0 Å². The van der Waals surface area contributed by atoms with Crippen LogP contribution in [0.4, 0.5) is 0 Å². The summed E-state index contributed by atoms with van der Waals surface area (Å²) in [5.74, 6) is -0.468. The van der Waals surface area contributed by atoms with E-state index < -0.39 is 5.97 Å². The Morgan fingerprint density at radius 1 is 1.19 bits per heavy atom. The number of halogens is 2. The van der Waals surface area contributed by atoms with Crippen LogP contribution in [0, 0.1) is 0 Å². The average Bonchev–Trinajstić information content (AvgIpc) is 2.45. The zero-order chi connectivity index (χ0) is 15.2. The summed E-state index contributed by atoms with van der Waals surface area (Å²) in [6.07, 6.45) is 2.62. The minimum absolute atomic E-state index is 0.279. The minimum atomic E-state index is -0.994. The van der Waals surface area contributed by atoms with Crippen molar-refractivity contribution in [3.63, 3.8) is 0 Å². The van der Waals surface area contributed by atoms with Gasteiger partial charge in [-0.2, -0.15) is 0 Å². The number of benzene rings is 2. The lowest BCUT2D eigenvalue weighted by atomic mass is 10.1. The van der Waals surface area contributed by atoms with Crippen molar-refractivity contribution >= 4 is 35.2 Å². The average molecular weight is 323 g/mol. The molecule has 2 aromatic carbocycles. The van der Waals surface area contributed by atoms with Crippen molar-refractivity contribution in [2.75, 3.05) is 0 Å². The lowest BCUT2D eigenvalue weighted by Gasteiger charge is -2.10. The first-order valence-corrected chi connectivity index (χ1v) is 6.88. The molecule has 0 fully saturated rings. The third kappa shape index (κ3) is 4.52. The Kier molecular flexibility index (Phi) is 5.26. The predicted molar refractivity (Wildman–Crippen MR) is 83.9 cm³/mol. The van der Waals surface area contributed by atoms with Gasteiger partial charge in [0.05, 0.1) is 5.02 Å². The lowest BCUT2D eigenvalue weighted by Crippen LogP contribution is -1.98. The second-order valence-electron chi connectivity index (χ2n) is 4.23. The number of ether oxygens (including phenoxy) is 1. The summed E-state index contributed by atoms with van der Waals surface area (Å²) in [6, 6.07) is 12.4. The number of hydrogen-bond donors (Lipinski definition) is 1. The third-order valence-corrected chi connectivity index (χ3v) is 3.27. The van der Waals surface area contributed by atoms with E-state index in [-0.39, 0.29) is 6.61 Å². The smallest absolute Gasteiger partial charge is 0.328 e. The van der Waals surface area contributed by atoms with Crippen LogP contribution < -0.4 is 4.74 Å². The van der Waals surface area contributed by atoms with Crippen LogP contribution in [0.1, 0.15) is 11.1 Å². The highest BCUT2D eigenvalue weighted by Crippen LogP contribution is 2.28. The predicted octanol–water partition coefficient (Wildman–Crippen LogP) is 4.67. The zero-order valence-corrected chi connectivity index (χ0v) is 12.4. The molecule has 3 nitrogen and oxygen atoms in total. The molecule has 2 rings (SSSR count). The molecule has 0 saturated carbocycles. The largest absolute Gasteiger partial charge is 0.487 e. The van der Waals surface area contributed by atoms with Crippen LogP contribution in [-0.2, 0) is 11.4 Å². The Labute approximate surface area is 132 Å². The molecule has 0 aliphatic rings. The maximum Gasteiger partial charge on any atom is 0.328 e. The van der Waals surface area contributed by atoms with Gasteiger partial charge in [0.1, 0.15) is 12.4 Å². The van der Waals surface area contributed by atoms with Crippen LogP contribution in [0.3, 0.4) is 0 Å². The Bertz CT molecular complexity index is 681. The van der Waals surface area contributed by atoms with E-state index in [1.165, 1.54) is 6.08 Å². The molecule has 0 aliphatic carbocycles. The van der Waals surface area contributed by atoms with E-state index in [0.717, 1.165) is 17.2 Å². The molecular formula is C16H12Cl2O3. The summed E-state index contributed by atoms with van der Waals surface area (Å²) >= 11 is 11.9. The molecule has 21 heavy (non-hydrogen) atoms. The monoisotopic (exact) mass is 322 g/mol. The zero-order valence-electron chi connectivity index (χ0n) is 10.9. The van der Waals surface area contributed by atoms with Crippen LogP contribution in [0.2, 0.25) is 10.0 Å². The van der Waals surface area contributed by atoms with Gasteiger partial charge in [-0.25, -0.2) is 4.79 Å². The maximum atomic E-state index is 10.6. The molecule has 0 radical (unpaired) electrons.